The lowest BCUT2D eigenvalue weighted by atomic mass is 10.1. The third-order valence-corrected chi connectivity index (χ3v) is 3.94. The van der Waals surface area contributed by atoms with Gasteiger partial charge in [-0.25, -0.2) is 0 Å². The van der Waals surface area contributed by atoms with E-state index in [-0.39, 0.29) is 12.1 Å². The first-order chi connectivity index (χ1) is 10.5. The van der Waals surface area contributed by atoms with E-state index in [4.69, 9.17) is 0 Å². The van der Waals surface area contributed by atoms with Crippen molar-refractivity contribution in [2.75, 3.05) is 0 Å². The van der Waals surface area contributed by atoms with Crippen LogP contribution in [0.1, 0.15) is 91.9 Å². The van der Waals surface area contributed by atoms with Gasteiger partial charge in [-0.05, 0) is 26.7 Å². The first kappa shape index (κ1) is 20.9. The minimum atomic E-state index is -0.497. The van der Waals surface area contributed by atoms with Crippen molar-refractivity contribution < 1.29 is 9.59 Å². The Hall–Kier alpha value is -1.06. The minimum Gasteiger partial charge on any atom is -0.345 e. The number of hydrogen-bond acceptors (Lipinski definition) is 2. The summed E-state index contributed by atoms with van der Waals surface area (Å²) in [6.07, 6.45) is 11.3. The van der Waals surface area contributed by atoms with E-state index in [0.717, 1.165) is 25.7 Å². The molecule has 22 heavy (non-hydrogen) atoms. The fourth-order valence-electron chi connectivity index (χ4n) is 2.48. The number of unbranched alkanes of at least 4 members (excludes halogenated alkanes) is 6. The number of nitrogens with one attached hydrogen (secondary N) is 2. The molecule has 0 aliphatic carbocycles. The van der Waals surface area contributed by atoms with Gasteiger partial charge in [-0.1, -0.05) is 65.2 Å². The normalized spacial score (nSPS) is 13.5. The SMILES string of the molecule is CCCCCCC(C)NC(=O)C(=O)NC(C)CCCCCC. The summed E-state index contributed by atoms with van der Waals surface area (Å²) >= 11 is 0. The Labute approximate surface area is 136 Å². The lowest BCUT2D eigenvalue weighted by Crippen LogP contribution is -2.46. The highest BCUT2D eigenvalue weighted by Crippen LogP contribution is 2.06. The van der Waals surface area contributed by atoms with Crippen molar-refractivity contribution >= 4 is 11.8 Å². The fourth-order valence-corrected chi connectivity index (χ4v) is 2.48. The second-order valence-corrected chi connectivity index (χ2v) is 6.45. The second-order valence-electron chi connectivity index (χ2n) is 6.45. The molecule has 0 bridgehead atoms. The fraction of sp³-hybridized carbons (Fsp3) is 0.889. The van der Waals surface area contributed by atoms with E-state index in [1.165, 1.54) is 38.5 Å². The number of hydrogen-bond donors (Lipinski definition) is 2. The zero-order chi connectivity index (χ0) is 16.8. The van der Waals surface area contributed by atoms with Crippen LogP contribution in [0.5, 0.6) is 0 Å². The number of rotatable bonds is 12. The molecule has 2 atom stereocenters. The van der Waals surface area contributed by atoms with Gasteiger partial charge in [0, 0.05) is 12.1 Å². The summed E-state index contributed by atoms with van der Waals surface area (Å²) in [4.78, 5) is 23.7. The van der Waals surface area contributed by atoms with Crippen LogP contribution in [-0.2, 0) is 9.59 Å². The molecule has 0 rings (SSSR count). The summed E-state index contributed by atoms with van der Waals surface area (Å²) in [5, 5.41) is 5.57. The monoisotopic (exact) mass is 312 g/mol. The smallest absolute Gasteiger partial charge is 0.309 e. The van der Waals surface area contributed by atoms with Gasteiger partial charge in [0.05, 0.1) is 0 Å². The molecular weight excluding hydrogens is 276 g/mol. The van der Waals surface area contributed by atoms with Gasteiger partial charge in [0.1, 0.15) is 0 Å². The van der Waals surface area contributed by atoms with Crippen LogP contribution in [0, 0.1) is 0 Å². The molecule has 130 valence electrons. The average molecular weight is 312 g/mol. The molecule has 0 aliphatic heterocycles. The minimum absolute atomic E-state index is 0.0648. The van der Waals surface area contributed by atoms with Gasteiger partial charge in [0.2, 0.25) is 0 Å². The quantitative estimate of drug-likeness (QED) is 0.423. The number of carbonyl (C=O) groups is 2. The van der Waals surface area contributed by atoms with Crippen LogP contribution >= 0.6 is 0 Å². The van der Waals surface area contributed by atoms with Crippen molar-refractivity contribution in [3.05, 3.63) is 0 Å². The molecule has 4 nitrogen and oxygen atoms in total. The van der Waals surface area contributed by atoms with E-state index < -0.39 is 11.8 Å². The third kappa shape index (κ3) is 11.6. The first-order valence-electron chi connectivity index (χ1n) is 9.12. The maximum atomic E-state index is 11.8. The maximum Gasteiger partial charge on any atom is 0.309 e. The molecule has 0 heterocycles. The molecule has 2 N–H and O–H groups in total. The Kier molecular flexibility index (Phi) is 12.9. The molecule has 0 aromatic rings. The van der Waals surface area contributed by atoms with Gasteiger partial charge in [0.25, 0.3) is 0 Å². The van der Waals surface area contributed by atoms with Gasteiger partial charge >= 0.3 is 11.8 Å². The van der Waals surface area contributed by atoms with Crippen molar-refractivity contribution in [3.63, 3.8) is 0 Å². The molecule has 0 radical (unpaired) electrons. The number of amides is 2. The van der Waals surface area contributed by atoms with Crippen molar-refractivity contribution in [2.24, 2.45) is 0 Å². The van der Waals surface area contributed by atoms with Crippen molar-refractivity contribution in [3.8, 4) is 0 Å². The highest BCUT2D eigenvalue weighted by molar-refractivity contribution is 6.35. The largest absolute Gasteiger partial charge is 0.345 e. The highest BCUT2D eigenvalue weighted by atomic mass is 16.2. The maximum absolute atomic E-state index is 11.8. The summed E-state index contributed by atoms with van der Waals surface area (Å²) in [7, 11) is 0. The van der Waals surface area contributed by atoms with Crippen LogP contribution in [0.3, 0.4) is 0 Å². The van der Waals surface area contributed by atoms with Crippen LogP contribution in [0.4, 0.5) is 0 Å². The van der Waals surface area contributed by atoms with Gasteiger partial charge in [-0.3, -0.25) is 9.59 Å². The molecule has 0 aromatic heterocycles. The van der Waals surface area contributed by atoms with Crippen molar-refractivity contribution in [1.82, 2.24) is 10.6 Å². The molecule has 2 amide bonds. The lowest BCUT2D eigenvalue weighted by Gasteiger charge is -2.16. The second kappa shape index (κ2) is 13.6. The van der Waals surface area contributed by atoms with E-state index in [1.807, 2.05) is 13.8 Å². The molecule has 0 saturated heterocycles. The standard InChI is InChI=1S/C18H36N2O2/c1-5-7-9-11-13-15(3)19-17(21)18(22)20-16(4)14-12-10-8-6-2/h15-16H,5-14H2,1-4H3,(H,19,21)(H,20,22). The van der Waals surface area contributed by atoms with E-state index in [9.17, 15) is 9.59 Å². The zero-order valence-electron chi connectivity index (χ0n) is 15.0. The van der Waals surface area contributed by atoms with Gasteiger partial charge in [-0.2, -0.15) is 0 Å². The molecule has 0 spiro atoms. The predicted octanol–water partition coefficient (Wildman–Crippen LogP) is 3.94. The van der Waals surface area contributed by atoms with Gasteiger partial charge in [0.15, 0.2) is 0 Å². The summed E-state index contributed by atoms with van der Waals surface area (Å²) in [6, 6.07) is 0.130. The lowest BCUT2D eigenvalue weighted by molar-refractivity contribution is -0.140. The molecule has 0 aromatic carbocycles. The van der Waals surface area contributed by atoms with Gasteiger partial charge in [-0.15, -0.1) is 0 Å². The zero-order valence-corrected chi connectivity index (χ0v) is 15.0. The molecular formula is C18H36N2O2. The van der Waals surface area contributed by atoms with Crippen molar-refractivity contribution in [1.29, 1.82) is 0 Å². The molecule has 0 aliphatic rings. The van der Waals surface area contributed by atoms with Crippen LogP contribution in [0.2, 0.25) is 0 Å². The summed E-state index contributed by atoms with van der Waals surface area (Å²) in [6.45, 7) is 8.29. The first-order valence-corrected chi connectivity index (χ1v) is 9.12. The predicted molar refractivity (Wildman–Crippen MR) is 92.7 cm³/mol. The summed E-state index contributed by atoms with van der Waals surface area (Å²) in [5.41, 5.74) is 0. The van der Waals surface area contributed by atoms with E-state index in [2.05, 4.69) is 24.5 Å². The van der Waals surface area contributed by atoms with Crippen LogP contribution in [0.25, 0.3) is 0 Å². The summed E-state index contributed by atoms with van der Waals surface area (Å²) in [5.74, 6) is -0.994. The van der Waals surface area contributed by atoms with Crippen LogP contribution in [-0.4, -0.2) is 23.9 Å². The van der Waals surface area contributed by atoms with Crippen molar-refractivity contribution in [2.45, 2.75) is 104 Å². The van der Waals surface area contributed by atoms with E-state index in [0.29, 0.717) is 0 Å². The average Bonchev–Trinajstić information content (AvgIpc) is 2.48. The van der Waals surface area contributed by atoms with Crippen LogP contribution < -0.4 is 10.6 Å². The van der Waals surface area contributed by atoms with Gasteiger partial charge < -0.3 is 10.6 Å². The van der Waals surface area contributed by atoms with E-state index >= 15 is 0 Å². The third-order valence-electron chi connectivity index (χ3n) is 3.94. The topological polar surface area (TPSA) is 58.2 Å². The Morgan fingerprint density at radius 1 is 0.682 bits per heavy atom. The Morgan fingerprint density at radius 2 is 1.05 bits per heavy atom. The molecule has 0 saturated carbocycles. The Morgan fingerprint density at radius 3 is 1.36 bits per heavy atom. The molecule has 0 fully saturated rings. The van der Waals surface area contributed by atoms with Crippen LogP contribution in [0.15, 0.2) is 0 Å². The van der Waals surface area contributed by atoms with E-state index in [1.54, 1.807) is 0 Å². The highest BCUT2D eigenvalue weighted by Gasteiger charge is 2.17. The Balaban J connectivity index is 3.83. The number of carbonyl (C=O) groups excluding carboxylic acids is 2. The summed E-state index contributed by atoms with van der Waals surface area (Å²) < 4.78 is 0. The Bertz CT molecular complexity index is 275. The molecule has 2 unspecified atom stereocenters. The molecule has 4 heteroatoms.